The van der Waals surface area contributed by atoms with Crippen molar-refractivity contribution in [2.24, 2.45) is 0 Å². The van der Waals surface area contributed by atoms with E-state index in [1.165, 1.54) is 0 Å². The third-order valence-corrected chi connectivity index (χ3v) is 3.90. The van der Waals surface area contributed by atoms with Crippen LogP contribution in [0.2, 0.25) is 0 Å². The van der Waals surface area contributed by atoms with Gasteiger partial charge in [0.25, 0.3) is 0 Å². The highest BCUT2D eigenvalue weighted by Gasteiger charge is 2.11. The van der Waals surface area contributed by atoms with E-state index < -0.39 is 0 Å². The smallest absolute Gasteiger partial charge is 0.238 e. The zero-order valence-corrected chi connectivity index (χ0v) is 13.7. The lowest BCUT2D eigenvalue weighted by molar-refractivity contribution is -0.117. The maximum absolute atomic E-state index is 12.2. The number of benzene rings is 1. The zero-order valence-electron chi connectivity index (χ0n) is 12.9. The van der Waals surface area contributed by atoms with Crippen LogP contribution in [0, 0.1) is 0 Å². The fraction of sp³-hybridized carbons (Fsp3) is 0.353. The molecule has 1 rings (SSSR count). The molecule has 0 atom stereocenters. The Bertz CT molecular complexity index is 499. The van der Waals surface area contributed by atoms with Gasteiger partial charge in [-0.25, -0.2) is 0 Å². The van der Waals surface area contributed by atoms with Crippen molar-refractivity contribution in [2.75, 3.05) is 30.7 Å². The van der Waals surface area contributed by atoms with E-state index in [1.807, 2.05) is 44.2 Å². The molecule has 1 aromatic carbocycles. The molecule has 0 aromatic heterocycles. The Hall–Kier alpha value is -1.52. The van der Waals surface area contributed by atoms with E-state index in [9.17, 15) is 4.79 Å². The number of para-hydroxylation sites is 1. The third kappa shape index (κ3) is 6.65. The molecule has 4 heteroatoms. The molecule has 1 aromatic rings. The average Bonchev–Trinajstić information content (AvgIpc) is 2.45. The largest absolute Gasteiger partial charge is 0.324 e. The van der Waals surface area contributed by atoms with Gasteiger partial charge in [-0.1, -0.05) is 37.3 Å². The first kappa shape index (κ1) is 17.5. The molecule has 0 aliphatic rings. The van der Waals surface area contributed by atoms with Crippen molar-refractivity contribution in [1.29, 1.82) is 0 Å². The first-order valence-electron chi connectivity index (χ1n) is 7.06. The van der Waals surface area contributed by atoms with Gasteiger partial charge in [0.1, 0.15) is 0 Å². The van der Waals surface area contributed by atoms with E-state index in [-0.39, 0.29) is 5.91 Å². The minimum atomic E-state index is 0.00440. The van der Waals surface area contributed by atoms with E-state index in [0.29, 0.717) is 6.54 Å². The second kappa shape index (κ2) is 9.42. The predicted octanol–water partition coefficient (Wildman–Crippen LogP) is 3.80. The number of rotatable bonds is 9. The first-order valence-corrected chi connectivity index (χ1v) is 8.04. The van der Waals surface area contributed by atoms with Crippen LogP contribution in [-0.4, -0.2) is 36.2 Å². The van der Waals surface area contributed by atoms with Crippen LogP contribution in [0.3, 0.4) is 0 Å². The third-order valence-electron chi connectivity index (χ3n) is 2.83. The Balaban J connectivity index is 2.65. The molecular formula is C17H24N2OS. The molecule has 0 unspecified atom stereocenters. The molecule has 21 heavy (non-hydrogen) atoms. The number of anilines is 1. The van der Waals surface area contributed by atoms with E-state index in [2.05, 4.69) is 23.4 Å². The highest BCUT2D eigenvalue weighted by molar-refractivity contribution is 7.99. The van der Waals surface area contributed by atoms with Gasteiger partial charge in [0, 0.05) is 17.2 Å². The summed E-state index contributed by atoms with van der Waals surface area (Å²) in [5.74, 6) is 0.827. The maximum Gasteiger partial charge on any atom is 0.238 e. The van der Waals surface area contributed by atoms with Crippen molar-refractivity contribution in [1.82, 2.24) is 4.90 Å². The summed E-state index contributed by atoms with van der Waals surface area (Å²) in [6, 6.07) is 7.84. The van der Waals surface area contributed by atoms with Crippen molar-refractivity contribution >= 4 is 23.4 Å². The van der Waals surface area contributed by atoms with Gasteiger partial charge in [0.2, 0.25) is 5.91 Å². The van der Waals surface area contributed by atoms with Gasteiger partial charge >= 0.3 is 0 Å². The lowest BCUT2D eigenvalue weighted by Gasteiger charge is -2.20. The lowest BCUT2D eigenvalue weighted by Crippen LogP contribution is -2.34. The van der Waals surface area contributed by atoms with Crippen molar-refractivity contribution < 1.29 is 4.79 Å². The number of hydrogen-bond acceptors (Lipinski definition) is 3. The Morgan fingerprint density at radius 3 is 2.71 bits per heavy atom. The van der Waals surface area contributed by atoms with E-state index in [4.69, 9.17) is 0 Å². The van der Waals surface area contributed by atoms with Crippen LogP contribution in [-0.2, 0) is 4.79 Å². The summed E-state index contributed by atoms with van der Waals surface area (Å²) < 4.78 is 0. The van der Waals surface area contributed by atoms with Crippen LogP contribution in [0.25, 0.3) is 0 Å². The summed E-state index contributed by atoms with van der Waals surface area (Å²) in [6.45, 7) is 13.6. The molecule has 0 fully saturated rings. The van der Waals surface area contributed by atoms with Crippen molar-refractivity contribution in [2.45, 2.75) is 18.7 Å². The molecule has 0 saturated heterocycles. The fourth-order valence-corrected chi connectivity index (χ4v) is 2.65. The number of nitrogens with zero attached hydrogens (tertiary/aromatic N) is 1. The highest BCUT2D eigenvalue weighted by Crippen LogP contribution is 2.26. The van der Waals surface area contributed by atoms with Gasteiger partial charge in [-0.05, 0) is 25.6 Å². The number of nitrogens with one attached hydrogen (secondary N) is 1. The molecule has 0 aliphatic carbocycles. The summed E-state index contributed by atoms with van der Waals surface area (Å²) in [6.07, 6.45) is 1.86. The molecule has 0 bridgehead atoms. The Morgan fingerprint density at radius 2 is 2.10 bits per heavy atom. The minimum absolute atomic E-state index is 0.00440. The lowest BCUT2D eigenvalue weighted by atomic mass is 10.3. The first-order chi connectivity index (χ1) is 10.1. The van der Waals surface area contributed by atoms with Crippen molar-refractivity contribution in [3.63, 3.8) is 0 Å². The van der Waals surface area contributed by atoms with E-state index >= 15 is 0 Å². The highest BCUT2D eigenvalue weighted by atomic mass is 32.2. The Morgan fingerprint density at radius 1 is 1.38 bits per heavy atom. The average molecular weight is 304 g/mol. The molecule has 114 valence electrons. The maximum atomic E-state index is 12.2. The molecule has 0 saturated carbocycles. The van der Waals surface area contributed by atoms with Crippen molar-refractivity contribution in [3.05, 3.63) is 49.1 Å². The Labute approximate surface area is 132 Å². The second-order valence-electron chi connectivity index (χ2n) is 4.90. The molecular weight excluding hydrogens is 280 g/mol. The Kier molecular flexibility index (Phi) is 7.87. The number of carbonyl (C=O) groups excluding carboxylic acids is 1. The van der Waals surface area contributed by atoms with Crippen LogP contribution >= 0.6 is 11.8 Å². The predicted molar refractivity (Wildman–Crippen MR) is 92.9 cm³/mol. The molecule has 1 N–H and O–H groups in total. The van der Waals surface area contributed by atoms with Crippen LogP contribution in [0.15, 0.2) is 54.0 Å². The molecule has 1 amide bonds. The summed E-state index contributed by atoms with van der Waals surface area (Å²) in [4.78, 5) is 15.3. The van der Waals surface area contributed by atoms with Gasteiger partial charge in [-0.2, -0.15) is 0 Å². The van der Waals surface area contributed by atoms with Gasteiger partial charge in [-0.15, -0.1) is 18.3 Å². The number of thioether (sulfide) groups is 1. The number of hydrogen-bond donors (Lipinski definition) is 1. The summed E-state index contributed by atoms with van der Waals surface area (Å²) in [5.41, 5.74) is 1.92. The fourth-order valence-electron chi connectivity index (χ4n) is 1.90. The quantitative estimate of drug-likeness (QED) is 0.556. The van der Waals surface area contributed by atoms with Gasteiger partial charge in [0.05, 0.1) is 12.2 Å². The van der Waals surface area contributed by atoms with Crippen LogP contribution in [0.1, 0.15) is 13.8 Å². The number of amides is 1. The number of carbonyl (C=O) groups is 1. The molecule has 3 nitrogen and oxygen atoms in total. The monoisotopic (exact) mass is 304 g/mol. The minimum Gasteiger partial charge on any atom is -0.324 e. The van der Waals surface area contributed by atoms with Gasteiger partial charge in [-0.3, -0.25) is 9.69 Å². The van der Waals surface area contributed by atoms with E-state index in [1.54, 1.807) is 11.8 Å². The summed E-state index contributed by atoms with van der Waals surface area (Å²) >= 11 is 1.66. The van der Waals surface area contributed by atoms with Gasteiger partial charge < -0.3 is 5.32 Å². The van der Waals surface area contributed by atoms with Crippen LogP contribution < -0.4 is 5.32 Å². The summed E-state index contributed by atoms with van der Waals surface area (Å²) in [7, 11) is 0. The molecule has 0 radical (unpaired) electrons. The second-order valence-corrected chi connectivity index (χ2v) is 5.97. The number of likely N-dealkylation sites (N-methyl/N-ethyl adjacent to an activating group) is 1. The molecule has 0 heterocycles. The normalized spacial score (nSPS) is 10.4. The molecule has 0 spiro atoms. The standard InChI is InChI=1S/C17H24N2OS/c1-5-11-21-16-10-8-7-9-15(16)18-17(20)13-19(6-2)12-14(3)4/h5,7-10H,1,3,6,11-13H2,2,4H3,(H,18,20). The molecule has 0 aliphatic heterocycles. The zero-order chi connectivity index (χ0) is 15.7. The summed E-state index contributed by atoms with van der Waals surface area (Å²) in [5, 5.41) is 2.99. The van der Waals surface area contributed by atoms with Crippen molar-refractivity contribution in [3.8, 4) is 0 Å². The SMILES string of the molecule is C=CCSc1ccccc1NC(=O)CN(CC)CC(=C)C. The van der Waals surface area contributed by atoms with E-state index in [0.717, 1.165) is 35.0 Å². The topological polar surface area (TPSA) is 32.3 Å². The van der Waals surface area contributed by atoms with Gasteiger partial charge in [0.15, 0.2) is 0 Å². The van der Waals surface area contributed by atoms with Crippen LogP contribution in [0.5, 0.6) is 0 Å². The van der Waals surface area contributed by atoms with Crippen LogP contribution in [0.4, 0.5) is 5.69 Å².